The van der Waals surface area contributed by atoms with Gasteiger partial charge in [0.2, 0.25) is 0 Å². The van der Waals surface area contributed by atoms with Crippen LogP contribution in [0, 0.1) is 17.5 Å². The topological polar surface area (TPSA) is 41.3 Å². The van der Waals surface area contributed by atoms with Crippen molar-refractivity contribution in [3.8, 4) is 0 Å². The lowest BCUT2D eigenvalue weighted by Gasteiger charge is -2.42. The normalized spacial score (nSPS) is 16.5. The van der Waals surface area contributed by atoms with E-state index in [1.165, 1.54) is 6.07 Å². The maximum absolute atomic E-state index is 13.9. The molecule has 0 bridgehead atoms. The molecule has 0 saturated carbocycles. The van der Waals surface area contributed by atoms with Gasteiger partial charge in [0.1, 0.15) is 0 Å². The van der Waals surface area contributed by atoms with E-state index in [2.05, 4.69) is 5.43 Å². The Hall–Kier alpha value is -1.11. The minimum atomic E-state index is -1.48. The number of likely N-dealkylation sites (N-methyl/N-ethyl adjacent to an activating group) is 1. The smallest absolute Gasteiger partial charge is 0.194 e. The van der Waals surface area contributed by atoms with Crippen LogP contribution in [0.5, 0.6) is 0 Å². The molecular weight excluding hydrogens is 255 g/mol. The molecule has 0 aliphatic rings. The minimum Gasteiger partial charge on any atom is -0.302 e. The summed E-state index contributed by atoms with van der Waals surface area (Å²) in [5.74, 6) is 1.61. The number of hydrogen-bond donors (Lipinski definition) is 2. The van der Waals surface area contributed by atoms with Crippen LogP contribution in [0.4, 0.5) is 13.2 Å². The third-order valence-corrected chi connectivity index (χ3v) is 3.90. The van der Waals surface area contributed by atoms with E-state index >= 15 is 0 Å². The third kappa shape index (κ3) is 2.75. The lowest BCUT2D eigenvalue weighted by molar-refractivity contribution is 0.110. The fourth-order valence-electron chi connectivity index (χ4n) is 2.15. The number of nitrogens with zero attached hydrogens (tertiary/aromatic N) is 1. The van der Waals surface area contributed by atoms with Gasteiger partial charge in [0.25, 0.3) is 0 Å². The lowest BCUT2D eigenvalue weighted by Crippen LogP contribution is -2.53. The van der Waals surface area contributed by atoms with Crippen molar-refractivity contribution >= 4 is 0 Å². The number of benzene rings is 1. The molecular formula is C13H20F3N3. The Bertz CT molecular complexity index is 451. The molecule has 3 nitrogen and oxygen atoms in total. The van der Waals surface area contributed by atoms with Gasteiger partial charge in [-0.2, -0.15) is 0 Å². The average molecular weight is 275 g/mol. The summed E-state index contributed by atoms with van der Waals surface area (Å²) in [6.07, 6.45) is 0.646. The van der Waals surface area contributed by atoms with Gasteiger partial charge in [-0.3, -0.25) is 11.3 Å². The van der Waals surface area contributed by atoms with Crippen molar-refractivity contribution in [2.24, 2.45) is 5.84 Å². The fourth-order valence-corrected chi connectivity index (χ4v) is 2.15. The van der Waals surface area contributed by atoms with Crippen molar-refractivity contribution in [2.75, 3.05) is 14.1 Å². The Morgan fingerprint density at radius 3 is 2.26 bits per heavy atom. The molecule has 1 rings (SSSR count). The number of halogens is 3. The van der Waals surface area contributed by atoms with Crippen LogP contribution < -0.4 is 11.3 Å². The van der Waals surface area contributed by atoms with E-state index in [1.54, 1.807) is 0 Å². The van der Waals surface area contributed by atoms with Crippen LogP contribution in [-0.2, 0) is 0 Å². The molecule has 1 aromatic carbocycles. The Morgan fingerprint density at radius 2 is 1.84 bits per heavy atom. The number of nitrogens with two attached hydrogens (primary N) is 1. The van der Waals surface area contributed by atoms with E-state index in [9.17, 15) is 13.2 Å². The van der Waals surface area contributed by atoms with Crippen LogP contribution in [0.15, 0.2) is 12.1 Å². The molecule has 2 atom stereocenters. The Morgan fingerprint density at radius 1 is 1.26 bits per heavy atom. The van der Waals surface area contributed by atoms with E-state index < -0.39 is 29.0 Å². The van der Waals surface area contributed by atoms with Gasteiger partial charge in [-0.05, 0) is 33.5 Å². The largest absolute Gasteiger partial charge is 0.302 e. The van der Waals surface area contributed by atoms with Gasteiger partial charge in [-0.1, -0.05) is 13.0 Å². The third-order valence-electron chi connectivity index (χ3n) is 3.90. The lowest BCUT2D eigenvalue weighted by atomic mass is 9.83. The molecule has 0 saturated heterocycles. The van der Waals surface area contributed by atoms with Gasteiger partial charge in [0, 0.05) is 11.1 Å². The molecule has 3 N–H and O–H groups in total. The highest BCUT2D eigenvalue weighted by Gasteiger charge is 2.37. The standard InChI is InChI=1S/C13H20F3N3/c1-5-13(2,19(3)4)12(18-17)8-6-7-9(14)11(16)10(8)15/h6-7,12,18H,5,17H2,1-4H3. The molecule has 0 amide bonds. The summed E-state index contributed by atoms with van der Waals surface area (Å²) >= 11 is 0. The number of hydrogen-bond acceptors (Lipinski definition) is 3. The number of nitrogens with one attached hydrogen (secondary N) is 1. The highest BCUT2D eigenvalue weighted by molar-refractivity contribution is 5.26. The Kier molecular flexibility index (Phi) is 4.95. The van der Waals surface area contributed by atoms with Crippen LogP contribution in [-0.4, -0.2) is 24.5 Å². The molecule has 0 aliphatic carbocycles. The maximum Gasteiger partial charge on any atom is 0.194 e. The molecule has 108 valence electrons. The predicted octanol–water partition coefficient (Wildman–Crippen LogP) is 2.34. The summed E-state index contributed by atoms with van der Waals surface area (Å²) in [7, 11) is 3.65. The van der Waals surface area contributed by atoms with Gasteiger partial charge >= 0.3 is 0 Å². The quantitative estimate of drug-likeness (QED) is 0.492. The van der Waals surface area contributed by atoms with E-state index in [-0.39, 0.29) is 5.56 Å². The zero-order chi connectivity index (χ0) is 14.8. The molecule has 0 spiro atoms. The first-order chi connectivity index (χ1) is 8.79. The van der Waals surface area contributed by atoms with E-state index in [0.29, 0.717) is 6.42 Å². The van der Waals surface area contributed by atoms with Crippen molar-refractivity contribution in [3.63, 3.8) is 0 Å². The van der Waals surface area contributed by atoms with Crippen molar-refractivity contribution in [3.05, 3.63) is 35.1 Å². The minimum absolute atomic E-state index is 0.0134. The van der Waals surface area contributed by atoms with Crippen molar-refractivity contribution < 1.29 is 13.2 Å². The van der Waals surface area contributed by atoms with Crippen LogP contribution in [0.25, 0.3) is 0 Å². The summed E-state index contributed by atoms with van der Waals surface area (Å²) in [5.41, 5.74) is 1.98. The van der Waals surface area contributed by atoms with Crippen LogP contribution in [0.1, 0.15) is 31.9 Å². The van der Waals surface area contributed by atoms with Gasteiger partial charge in [-0.15, -0.1) is 0 Å². The van der Waals surface area contributed by atoms with Crippen molar-refractivity contribution in [2.45, 2.75) is 31.8 Å². The monoisotopic (exact) mass is 275 g/mol. The summed E-state index contributed by atoms with van der Waals surface area (Å²) in [5, 5.41) is 0. The summed E-state index contributed by atoms with van der Waals surface area (Å²) in [4.78, 5) is 1.87. The first kappa shape index (κ1) is 15.9. The molecule has 2 unspecified atom stereocenters. The average Bonchev–Trinajstić information content (AvgIpc) is 2.38. The van der Waals surface area contributed by atoms with Crippen molar-refractivity contribution in [1.29, 1.82) is 0 Å². The van der Waals surface area contributed by atoms with E-state index in [1.807, 2.05) is 32.8 Å². The molecule has 0 fully saturated rings. The van der Waals surface area contributed by atoms with Gasteiger partial charge in [0.05, 0.1) is 6.04 Å². The van der Waals surface area contributed by atoms with Crippen LogP contribution in [0.3, 0.4) is 0 Å². The molecule has 19 heavy (non-hydrogen) atoms. The second-order valence-electron chi connectivity index (χ2n) is 4.97. The van der Waals surface area contributed by atoms with Gasteiger partial charge in [-0.25, -0.2) is 13.2 Å². The van der Waals surface area contributed by atoms with E-state index in [0.717, 1.165) is 6.07 Å². The molecule has 0 aliphatic heterocycles. The molecule has 0 aromatic heterocycles. The summed E-state index contributed by atoms with van der Waals surface area (Å²) in [6.45, 7) is 3.79. The number of rotatable bonds is 5. The van der Waals surface area contributed by atoms with Gasteiger partial charge < -0.3 is 4.90 Å². The van der Waals surface area contributed by atoms with Crippen LogP contribution in [0.2, 0.25) is 0 Å². The van der Waals surface area contributed by atoms with E-state index in [4.69, 9.17) is 5.84 Å². The van der Waals surface area contributed by atoms with Crippen LogP contribution >= 0.6 is 0 Å². The zero-order valence-corrected chi connectivity index (χ0v) is 11.6. The SMILES string of the molecule is CCC(C)(C(NN)c1ccc(F)c(F)c1F)N(C)C. The first-order valence-electron chi connectivity index (χ1n) is 6.06. The molecule has 0 radical (unpaired) electrons. The Balaban J connectivity index is 3.36. The summed E-state index contributed by atoms with van der Waals surface area (Å²) < 4.78 is 40.2. The van der Waals surface area contributed by atoms with Crippen molar-refractivity contribution in [1.82, 2.24) is 10.3 Å². The number of hydrazine groups is 1. The predicted molar refractivity (Wildman–Crippen MR) is 68.8 cm³/mol. The highest BCUT2D eigenvalue weighted by Crippen LogP contribution is 2.34. The fraction of sp³-hybridized carbons (Fsp3) is 0.538. The highest BCUT2D eigenvalue weighted by atomic mass is 19.2. The Labute approximate surface area is 111 Å². The molecule has 1 aromatic rings. The van der Waals surface area contributed by atoms with Gasteiger partial charge in [0.15, 0.2) is 17.5 Å². The second kappa shape index (κ2) is 5.90. The maximum atomic E-state index is 13.9. The zero-order valence-electron chi connectivity index (χ0n) is 11.6. The molecule has 0 heterocycles. The summed E-state index contributed by atoms with van der Waals surface area (Å²) in [6, 6.07) is 1.46. The second-order valence-corrected chi connectivity index (χ2v) is 4.97. The molecule has 6 heteroatoms. The first-order valence-corrected chi connectivity index (χ1v) is 6.06.